The molecule has 2 N–H and O–H groups in total. The summed E-state index contributed by atoms with van der Waals surface area (Å²) in [5, 5.41) is 2.17. The van der Waals surface area contributed by atoms with Gasteiger partial charge in [-0.05, 0) is 36.8 Å². The lowest BCUT2D eigenvalue weighted by molar-refractivity contribution is -0.670. The topological polar surface area (TPSA) is 35.1 Å². The number of quaternary nitrogens is 1. The number of halogens is 1. The SMILES string of the molecule is CCOc1cc(C[NH2+]CCc2ccccc2F)ccc1OC. The van der Waals surface area contributed by atoms with Crippen LogP contribution in [0.5, 0.6) is 11.5 Å². The predicted molar refractivity (Wildman–Crippen MR) is 84.8 cm³/mol. The Balaban J connectivity index is 1.86. The van der Waals surface area contributed by atoms with E-state index in [2.05, 4.69) is 5.32 Å². The Kier molecular flexibility index (Phi) is 6.22. The lowest BCUT2D eigenvalue weighted by Gasteiger charge is -2.10. The van der Waals surface area contributed by atoms with Crippen LogP contribution in [-0.4, -0.2) is 20.3 Å². The van der Waals surface area contributed by atoms with Gasteiger partial charge in [0.15, 0.2) is 11.5 Å². The van der Waals surface area contributed by atoms with E-state index < -0.39 is 0 Å². The van der Waals surface area contributed by atoms with Crippen LogP contribution < -0.4 is 14.8 Å². The van der Waals surface area contributed by atoms with Gasteiger partial charge in [-0.1, -0.05) is 18.2 Å². The van der Waals surface area contributed by atoms with Crippen molar-refractivity contribution in [2.45, 2.75) is 19.9 Å². The van der Waals surface area contributed by atoms with E-state index in [4.69, 9.17) is 9.47 Å². The van der Waals surface area contributed by atoms with Crippen molar-refractivity contribution < 1.29 is 19.2 Å². The third-order valence-corrected chi connectivity index (χ3v) is 3.48. The maximum Gasteiger partial charge on any atom is 0.161 e. The Morgan fingerprint density at radius 1 is 1.09 bits per heavy atom. The second-order valence-corrected chi connectivity index (χ2v) is 5.04. The largest absolute Gasteiger partial charge is 0.493 e. The Morgan fingerprint density at radius 3 is 2.64 bits per heavy atom. The Bertz CT molecular complexity index is 601. The zero-order valence-electron chi connectivity index (χ0n) is 13.1. The van der Waals surface area contributed by atoms with Crippen LogP contribution in [0.3, 0.4) is 0 Å². The van der Waals surface area contributed by atoms with Crippen LogP contribution in [0.4, 0.5) is 4.39 Å². The molecule has 0 radical (unpaired) electrons. The number of nitrogens with two attached hydrogens (primary N) is 1. The highest BCUT2D eigenvalue weighted by molar-refractivity contribution is 5.42. The quantitative estimate of drug-likeness (QED) is 0.761. The predicted octanol–water partition coefficient (Wildman–Crippen LogP) is 2.54. The van der Waals surface area contributed by atoms with E-state index in [1.165, 1.54) is 6.07 Å². The van der Waals surface area contributed by atoms with Gasteiger partial charge < -0.3 is 14.8 Å². The van der Waals surface area contributed by atoms with Gasteiger partial charge in [0.2, 0.25) is 0 Å². The van der Waals surface area contributed by atoms with Crippen LogP contribution in [0.25, 0.3) is 0 Å². The van der Waals surface area contributed by atoms with Crippen molar-refractivity contribution in [3.63, 3.8) is 0 Å². The summed E-state index contributed by atoms with van der Waals surface area (Å²) in [5.74, 6) is 1.39. The molecule has 118 valence electrons. The molecule has 0 heterocycles. The van der Waals surface area contributed by atoms with Gasteiger partial charge in [0.05, 0.1) is 20.3 Å². The van der Waals surface area contributed by atoms with Crippen molar-refractivity contribution in [1.29, 1.82) is 0 Å². The van der Waals surface area contributed by atoms with E-state index in [1.807, 2.05) is 37.3 Å². The molecule has 0 fully saturated rings. The Morgan fingerprint density at radius 2 is 1.91 bits per heavy atom. The highest BCUT2D eigenvalue weighted by Crippen LogP contribution is 2.27. The molecule has 4 heteroatoms. The zero-order valence-corrected chi connectivity index (χ0v) is 13.1. The van der Waals surface area contributed by atoms with E-state index in [-0.39, 0.29) is 5.82 Å². The van der Waals surface area contributed by atoms with Crippen molar-refractivity contribution in [2.75, 3.05) is 20.3 Å². The van der Waals surface area contributed by atoms with Gasteiger partial charge in [0, 0.05) is 12.0 Å². The molecular weight excluding hydrogens is 281 g/mol. The molecule has 0 spiro atoms. The van der Waals surface area contributed by atoms with Gasteiger partial charge in [0.25, 0.3) is 0 Å². The minimum absolute atomic E-state index is 0.126. The highest BCUT2D eigenvalue weighted by Gasteiger charge is 2.07. The van der Waals surface area contributed by atoms with E-state index in [9.17, 15) is 4.39 Å². The summed E-state index contributed by atoms with van der Waals surface area (Å²) in [6, 6.07) is 12.9. The molecular formula is C18H23FNO2+. The molecule has 0 bridgehead atoms. The maximum atomic E-state index is 13.5. The van der Waals surface area contributed by atoms with E-state index >= 15 is 0 Å². The third-order valence-electron chi connectivity index (χ3n) is 3.48. The average molecular weight is 304 g/mol. The van der Waals surface area contributed by atoms with Crippen molar-refractivity contribution in [1.82, 2.24) is 0 Å². The van der Waals surface area contributed by atoms with E-state index in [1.54, 1.807) is 13.2 Å². The molecule has 0 unspecified atom stereocenters. The van der Waals surface area contributed by atoms with E-state index in [0.717, 1.165) is 42.1 Å². The van der Waals surface area contributed by atoms with Gasteiger partial charge in [-0.3, -0.25) is 0 Å². The molecule has 2 rings (SSSR count). The average Bonchev–Trinajstić information content (AvgIpc) is 2.54. The molecule has 0 aliphatic heterocycles. The molecule has 2 aromatic carbocycles. The summed E-state index contributed by atoms with van der Waals surface area (Å²) >= 11 is 0. The summed E-state index contributed by atoms with van der Waals surface area (Å²) < 4.78 is 24.4. The first-order valence-electron chi connectivity index (χ1n) is 7.59. The van der Waals surface area contributed by atoms with Gasteiger partial charge >= 0.3 is 0 Å². The number of ether oxygens (including phenoxy) is 2. The highest BCUT2D eigenvalue weighted by atomic mass is 19.1. The third kappa shape index (κ3) is 4.46. The maximum absolute atomic E-state index is 13.5. The standard InChI is InChI=1S/C18H22FNO2/c1-3-22-18-12-14(8-9-17(18)21-2)13-20-11-10-15-6-4-5-7-16(15)19/h4-9,12,20H,3,10-11,13H2,1-2H3/p+1. The van der Waals surface area contributed by atoms with Crippen LogP contribution >= 0.6 is 0 Å². The fourth-order valence-corrected chi connectivity index (χ4v) is 2.34. The molecule has 0 amide bonds. The molecule has 3 nitrogen and oxygen atoms in total. The zero-order chi connectivity index (χ0) is 15.8. The van der Waals surface area contributed by atoms with Gasteiger partial charge in [-0.2, -0.15) is 0 Å². The molecule has 0 saturated heterocycles. The van der Waals surface area contributed by atoms with Gasteiger partial charge in [-0.15, -0.1) is 0 Å². The number of benzene rings is 2. The fraction of sp³-hybridized carbons (Fsp3) is 0.333. The molecule has 0 atom stereocenters. The molecule has 22 heavy (non-hydrogen) atoms. The molecule has 2 aromatic rings. The summed E-state index contributed by atoms with van der Waals surface area (Å²) in [7, 11) is 1.64. The van der Waals surface area contributed by atoms with Crippen molar-refractivity contribution in [3.8, 4) is 11.5 Å². The summed E-state index contributed by atoms with van der Waals surface area (Å²) in [4.78, 5) is 0. The Hall–Kier alpha value is -2.07. The minimum Gasteiger partial charge on any atom is -0.493 e. The van der Waals surface area contributed by atoms with Crippen LogP contribution in [0.15, 0.2) is 42.5 Å². The van der Waals surface area contributed by atoms with Gasteiger partial charge in [-0.25, -0.2) is 4.39 Å². The number of methoxy groups -OCH3 is 1. The molecule has 0 aromatic heterocycles. The molecule has 0 saturated carbocycles. The van der Waals surface area contributed by atoms with Gasteiger partial charge in [0.1, 0.15) is 12.4 Å². The van der Waals surface area contributed by atoms with Crippen molar-refractivity contribution in [2.24, 2.45) is 0 Å². The number of hydrogen-bond acceptors (Lipinski definition) is 2. The number of rotatable bonds is 8. The molecule has 0 aliphatic carbocycles. The smallest absolute Gasteiger partial charge is 0.161 e. The first kappa shape index (κ1) is 16.3. The second kappa shape index (κ2) is 8.39. The minimum atomic E-state index is -0.126. The monoisotopic (exact) mass is 304 g/mol. The summed E-state index contributed by atoms with van der Waals surface area (Å²) in [6.07, 6.45) is 0.723. The lowest BCUT2D eigenvalue weighted by atomic mass is 10.1. The van der Waals surface area contributed by atoms with Crippen LogP contribution in [0.1, 0.15) is 18.1 Å². The molecule has 0 aliphatic rings. The van der Waals surface area contributed by atoms with E-state index in [0.29, 0.717) is 6.61 Å². The van der Waals surface area contributed by atoms with Crippen LogP contribution in [0, 0.1) is 5.82 Å². The first-order valence-corrected chi connectivity index (χ1v) is 7.59. The van der Waals surface area contributed by atoms with Crippen molar-refractivity contribution in [3.05, 3.63) is 59.4 Å². The van der Waals surface area contributed by atoms with Crippen molar-refractivity contribution >= 4 is 0 Å². The second-order valence-electron chi connectivity index (χ2n) is 5.04. The summed E-state index contributed by atoms with van der Waals surface area (Å²) in [5.41, 5.74) is 1.93. The number of hydrogen-bond donors (Lipinski definition) is 1. The fourth-order valence-electron chi connectivity index (χ4n) is 2.34. The lowest BCUT2D eigenvalue weighted by Crippen LogP contribution is -2.83. The first-order chi connectivity index (χ1) is 10.7. The Labute approximate surface area is 131 Å². The normalized spacial score (nSPS) is 10.5. The van der Waals surface area contributed by atoms with Crippen LogP contribution in [-0.2, 0) is 13.0 Å². The van der Waals surface area contributed by atoms with Crippen LogP contribution in [0.2, 0.25) is 0 Å². The summed E-state index contributed by atoms with van der Waals surface area (Å²) in [6.45, 7) is 4.24.